The van der Waals surface area contributed by atoms with Crippen molar-refractivity contribution in [2.45, 2.75) is 32.2 Å². The van der Waals surface area contributed by atoms with Gasteiger partial charge in [-0.2, -0.15) is 0 Å². The maximum atomic E-state index is 11.7. The number of rotatable bonds is 7. The number of aliphatic carboxylic acids is 2. The van der Waals surface area contributed by atoms with Gasteiger partial charge in [-0.05, 0) is 19.8 Å². The summed E-state index contributed by atoms with van der Waals surface area (Å²) in [4.78, 5) is 37.0. The SMILES string of the molecule is Cc1nc(C(=O)N[C@H](CCCC(=O)O)C(=O)O)cs1. The van der Waals surface area contributed by atoms with Gasteiger partial charge in [-0.25, -0.2) is 9.78 Å². The molecule has 104 valence electrons. The zero-order valence-corrected chi connectivity index (χ0v) is 11.1. The number of carboxylic acid groups (broad SMARTS) is 2. The molecule has 1 amide bonds. The van der Waals surface area contributed by atoms with E-state index in [0.29, 0.717) is 5.01 Å². The minimum Gasteiger partial charge on any atom is -0.481 e. The Kier molecular flexibility index (Phi) is 5.43. The topological polar surface area (TPSA) is 117 Å². The molecule has 1 heterocycles. The number of nitrogens with zero attached hydrogens (tertiary/aromatic N) is 1. The second kappa shape index (κ2) is 6.83. The fraction of sp³-hybridized carbons (Fsp3) is 0.455. The molecule has 8 heteroatoms. The van der Waals surface area contributed by atoms with Gasteiger partial charge >= 0.3 is 11.9 Å². The van der Waals surface area contributed by atoms with Crippen molar-refractivity contribution < 1.29 is 24.6 Å². The highest BCUT2D eigenvalue weighted by molar-refractivity contribution is 7.09. The van der Waals surface area contributed by atoms with E-state index in [1.807, 2.05) is 0 Å². The average Bonchev–Trinajstić information content (AvgIpc) is 2.73. The standard InChI is InChI=1S/C11H14N2O5S/c1-6-12-8(5-19-6)10(16)13-7(11(17)18)3-2-4-9(14)15/h5,7H,2-4H2,1H3,(H,13,16)(H,14,15)(H,17,18)/t7-/m1/s1. The Balaban J connectivity index is 2.55. The lowest BCUT2D eigenvalue weighted by atomic mass is 10.1. The number of aryl methyl sites for hydroxylation is 1. The first-order chi connectivity index (χ1) is 8.90. The Morgan fingerprint density at radius 1 is 1.42 bits per heavy atom. The number of hydrogen-bond acceptors (Lipinski definition) is 5. The van der Waals surface area contributed by atoms with Gasteiger partial charge in [-0.1, -0.05) is 0 Å². The molecule has 0 saturated carbocycles. The van der Waals surface area contributed by atoms with E-state index >= 15 is 0 Å². The van der Waals surface area contributed by atoms with Crippen LogP contribution in [-0.2, 0) is 9.59 Å². The first-order valence-electron chi connectivity index (χ1n) is 5.57. The fourth-order valence-electron chi connectivity index (χ4n) is 1.41. The van der Waals surface area contributed by atoms with Gasteiger partial charge in [0.2, 0.25) is 0 Å². The molecular weight excluding hydrogens is 272 g/mol. The van der Waals surface area contributed by atoms with Crippen LogP contribution in [0.5, 0.6) is 0 Å². The van der Waals surface area contributed by atoms with Crippen LogP contribution in [0, 0.1) is 6.92 Å². The maximum Gasteiger partial charge on any atom is 0.326 e. The first-order valence-corrected chi connectivity index (χ1v) is 6.45. The highest BCUT2D eigenvalue weighted by Crippen LogP contribution is 2.09. The lowest BCUT2D eigenvalue weighted by Gasteiger charge is -2.12. The third kappa shape index (κ3) is 5.04. The van der Waals surface area contributed by atoms with Gasteiger partial charge in [0.05, 0.1) is 5.01 Å². The Bertz CT molecular complexity index is 485. The van der Waals surface area contributed by atoms with Gasteiger partial charge in [-0.15, -0.1) is 11.3 Å². The molecule has 0 spiro atoms. The second-order valence-electron chi connectivity index (χ2n) is 3.90. The molecule has 0 aliphatic carbocycles. The molecule has 0 aliphatic rings. The predicted molar refractivity (Wildman–Crippen MR) is 67.2 cm³/mol. The smallest absolute Gasteiger partial charge is 0.326 e. The average molecular weight is 286 g/mol. The van der Waals surface area contributed by atoms with Crippen molar-refractivity contribution in [3.63, 3.8) is 0 Å². The molecule has 0 aliphatic heterocycles. The van der Waals surface area contributed by atoms with Crippen molar-refractivity contribution >= 4 is 29.2 Å². The lowest BCUT2D eigenvalue weighted by molar-refractivity contribution is -0.140. The fourth-order valence-corrected chi connectivity index (χ4v) is 2.01. The quantitative estimate of drug-likeness (QED) is 0.685. The van der Waals surface area contributed by atoms with Gasteiger partial charge in [0, 0.05) is 11.8 Å². The Hall–Kier alpha value is -1.96. The van der Waals surface area contributed by atoms with Gasteiger partial charge in [0.15, 0.2) is 0 Å². The third-order valence-corrected chi connectivity index (χ3v) is 3.11. The Morgan fingerprint density at radius 2 is 2.11 bits per heavy atom. The highest BCUT2D eigenvalue weighted by atomic mass is 32.1. The number of amides is 1. The van der Waals surface area contributed by atoms with Crippen molar-refractivity contribution in [1.82, 2.24) is 10.3 Å². The number of aromatic nitrogens is 1. The Morgan fingerprint density at radius 3 is 2.58 bits per heavy atom. The largest absolute Gasteiger partial charge is 0.481 e. The van der Waals surface area contributed by atoms with Crippen LogP contribution in [0.25, 0.3) is 0 Å². The van der Waals surface area contributed by atoms with Crippen molar-refractivity contribution in [2.75, 3.05) is 0 Å². The summed E-state index contributed by atoms with van der Waals surface area (Å²) < 4.78 is 0. The molecule has 1 aromatic rings. The number of nitrogens with one attached hydrogen (secondary N) is 1. The van der Waals surface area contributed by atoms with Crippen molar-refractivity contribution in [3.05, 3.63) is 16.1 Å². The summed E-state index contributed by atoms with van der Waals surface area (Å²) in [5.74, 6) is -2.75. The summed E-state index contributed by atoms with van der Waals surface area (Å²) >= 11 is 1.29. The van der Waals surface area contributed by atoms with E-state index < -0.39 is 23.9 Å². The molecule has 1 aromatic heterocycles. The molecule has 3 N–H and O–H groups in total. The summed E-state index contributed by atoms with van der Waals surface area (Å²) in [6.45, 7) is 1.74. The molecule has 1 rings (SSSR count). The van der Waals surface area contributed by atoms with Crippen LogP contribution in [-0.4, -0.2) is 39.1 Å². The van der Waals surface area contributed by atoms with Crippen molar-refractivity contribution in [1.29, 1.82) is 0 Å². The van der Waals surface area contributed by atoms with E-state index in [1.54, 1.807) is 12.3 Å². The summed E-state index contributed by atoms with van der Waals surface area (Å²) in [7, 11) is 0. The summed E-state index contributed by atoms with van der Waals surface area (Å²) in [5, 5.41) is 22.0. The van der Waals surface area contributed by atoms with E-state index in [0.717, 1.165) is 0 Å². The van der Waals surface area contributed by atoms with Crippen LogP contribution < -0.4 is 5.32 Å². The molecular formula is C11H14N2O5S. The van der Waals surface area contributed by atoms with E-state index in [-0.39, 0.29) is 25.0 Å². The molecule has 19 heavy (non-hydrogen) atoms. The van der Waals surface area contributed by atoms with Crippen LogP contribution in [0.15, 0.2) is 5.38 Å². The Labute approximate surface area is 113 Å². The first kappa shape index (κ1) is 15.1. The van der Waals surface area contributed by atoms with Crippen LogP contribution in [0.2, 0.25) is 0 Å². The number of carbonyl (C=O) groups is 3. The van der Waals surface area contributed by atoms with E-state index in [1.165, 1.54) is 11.3 Å². The van der Waals surface area contributed by atoms with Gasteiger partial charge in [-0.3, -0.25) is 9.59 Å². The predicted octanol–water partition coefficient (Wildman–Crippen LogP) is 0.889. The highest BCUT2D eigenvalue weighted by Gasteiger charge is 2.21. The zero-order chi connectivity index (χ0) is 14.4. The van der Waals surface area contributed by atoms with Gasteiger partial charge in [0.1, 0.15) is 11.7 Å². The lowest BCUT2D eigenvalue weighted by Crippen LogP contribution is -2.41. The molecule has 0 fully saturated rings. The van der Waals surface area contributed by atoms with E-state index in [2.05, 4.69) is 10.3 Å². The minimum atomic E-state index is -1.19. The van der Waals surface area contributed by atoms with Crippen molar-refractivity contribution in [2.24, 2.45) is 0 Å². The minimum absolute atomic E-state index is 0.0660. The maximum absolute atomic E-state index is 11.7. The van der Waals surface area contributed by atoms with Gasteiger partial charge in [0.25, 0.3) is 5.91 Å². The molecule has 7 nitrogen and oxygen atoms in total. The van der Waals surface area contributed by atoms with Gasteiger partial charge < -0.3 is 15.5 Å². The summed E-state index contributed by atoms with van der Waals surface area (Å²) in [6, 6.07) is -1.10. The van der Waals surface area contributed by atoms with E-state index in [9.17, 15) is 14.4 Å². The van der Waals surface area contributed by atoms with Crippen LogP contribution in [0.1, 0.15) is 34.8 Å². The second-order valence-corrected chi connectivity index (χ2v) is 4.96. The molecule has 0 aromatic carbocycles. The van der Waals surface area contributed by atoms with Crippen LogP contribution >= 0.6 is 11.3 Å². The normalized spacial score (nSPS) is 11.8. The van der Waals surface area contributed by atoms with Crippen molar-refractivity contribution in [3.8, 4) is 0 Å². The number of carbonyl (C=O) groups excluding carboxylic acids is 1. The summed E-state index contributed by atoms with van der Waals surface area (Å²) in [5.41, 5.74) is 0.173. The molecule has 1 atom stereocenters. The zero-order valence-electron chi connectivity index (χ0n) is 10.3. The number of thiazole rings is 1. The molecule has 0 saturated heterocycles. The monoisotopic (exact) mass is 286 g/mol. The molecule has 0 bridgehead atoms. The molecule has 0 radical (unpaired) electrons. The third-order valence-electron chi connectivity index (χ3n) is 2.34. The number of carboxylic acids is 2. The number of hydrogen-bond donors (Lipinski definition) is 3. The van der Waals surface area contributed by atoms with Crippen LogP contribution in [0.4, 0.5) is 0 Å². The van der Waals surface area contributed by atoms with Crippen LogP contribution in [0.3, 0.4) is 0 Å². The summed E-state index contributed by atoms with van der Waals surface area (Å²) in [6.07, 6.45) is 0.120. The van der Waals surface area contributed by atoms with E-state index in [4.69, 9.17) is 10.2 Å². The molecule has 0 unspecified atom stereocenters.